The molecule has 0 unspecified atom stereocenters. The predicted octanol–water partition coefficient (Wildman–Crippen LogP) is 3.37. The SMILES string of the molecule is CCc1c(-n2ccc(N)c2)c(F)cn2c(=O)c(C(=O)O)cc(C3CC3)c12.Cl. The van der Waals surface area contributed by atoms with Crippen molar-refractivity contribution in [2.75, 3.05) is 5.73 Å². The van der Waals surface area contributed by atoms with Crippen molar-refractivity contribution < 1.29 is 14.3 Å². The lowest BCUT2D eigenvalue weighted by atomic mass is 10.00. The second-order valence-electron chi connectivity index (χ2n) is 6.63. The lowest BCUT2D eigenvalue weighted by molar-refractivity contribution is 0.0694. The molecule has 0 aromatic carbocycles. The summed E-state index contributed by atoms with van der Waals surface area (Å²) in [5.74, 6) is -1.70. The van der Waals surface area contributed by atoms with Crippen molar-refractivity contribution in [1.82, 2.24) is 8.97 Å². The molecule has 3 aromatic rings. The number of aromatic carboxylic acids is 1. The van der Waals surface area contributed by atoms with Gasteiger partial charge in [-0.3, -0.25) is 9.20 Å². The number of aromatic nitrogens is 2. The van der Waals surface area contributed by atoms with Crippen LogP contribution in [-0.4, -0.2) is 20.0 Å². The summed E-state index contributed by atoms with van der Waals surface area (Å²) < 4.78 is 17.7. The summed E-state index contributed by atoms with van der Waals surface area (Å²) in [5.41, 5.74) is 7.63. The minimum absolute atomic E-state index is 0. The zero-order chi connectivity index (χ0) is 18.6. The fraction of sp³-hybridized carbons (Fsp3) is 0.263. The number of aryl methyl sites for hydroxylation is 1. The van der Waals surface area contributed by atoms with Crippen molar-refractivity contribution in [3.05, 3.63) is 63.6 Å². The zero-order valence-electron chi connectivity index (χ0n) is 14.6. The summed E-state index contributed by atoms with van der Waals surface area (Å²) in [6, 6.07) is 3.13. The molecule has 0 radical (unpaired) electrons. The number of nitrogens with two attached hydrogens (primary N) is 1. The molecule has 27 heavy (non-hydrogen) atoms. The van der Waals surface area contributed by atoms with Gasteiger partial charge in [-0.05, 0) is 42.9 Å². The molecule has 0 bridgehead atoms. The minimum atomic E-state index is -1.30. The number of anilines is 1. The van der Waals surface area contributed by atoms with E-state index in [0.29, 0.717) is 28.9 Å². The standard InChI is InChI=1S/C19H18FN3O3.ClH/c1-2-12-16-13(10-3-4-10)7-14(19(25)26)18(24)23(16)9-15(20)17(12)22-6-5-11(21)8-22;/h5-10H,2-4,21H2,1H3,(H,25,26);1H. The number of carboxylic acids is 1. The van der Waals surface area contributed by atoms with E-state index in [1.54, 1.807) is 23.0 Å². The van der Waals surface area contributed by atoms with E-state index in [0.717, 1.165) is 29.0 Å². The Balaban J connectivity index is 0.00000210. The number of carboxylic acid groups (broad SMARTS) is 1. The van der Waals surface area contributed by atoms with E-state index in [1.807, 2.05) is 6.92 Å². The number of hydrogen-bond donors (Lipinski definition) is 2. The van der Waals surface area contributed by atoms with E-state index in [1.165, 1.54) is 6.07 Å². The van der Waals surface area contributed by atoms with Crippen LogP contribution in [0.4, 0.5) is 10.1 Å². The maximum atomic E-state index is 15.0. The molecule has 3 aromatic heterocycles. The van der Waals surface area contributed by atoms with E-state index in [4.69, 9.17) is 5.73 Å². The summed E-state index contributed by atoms with van der Waals surface area (Å²) in [6.07, 6.45) is 6.72. The molecule has 0 saturated heterocycles. The molecule has 142 valence electrons. The molecule has 0 spiro atoms. The minimum Gasteiger partial charge on any atom is -0.477 e. The highest BCUT2D eigenvalue weighted by Crippen LogP contribution is 2.43. The van der Waals surface area contributed by atoms with Crippen LogP contribution in [0.3, 0.4) is 0 Å². The first-order chi connectivity index (χ1) is 12.4. The van der Waals surface area contributed by atoms with Crippen molar-refractivity contribution in [1.29, 1.82) is 0 Å². The fourth-order valence-corrected chi connectivity index (χ4v) is 3.55. The third-order valence-electron chi connectivity index (χ3n) is 4.88. The molecule has 3 heterocycles. The molecule has 1 aliphatic carbocycles. The predicted molar refractivity (Wildman–Crippen MR) is 103 cm³/mol. The third kappa shape index (κ3) is 2.98. The molecule has 8 heteroatoms. The molecule has 1 saturated carbocycles. The van der Waals surface area contributed by atoms with E-state index in [2.05, 4.69) is 0 Å². The molecule has 3 N–H and O–H groups in total. The Morgan fingerprint density at radius 2 is 2.07 bits per heavy atom. The maximum Gasteiger partial charge on any atom is 0.341 e. The summed E-state index contributed by atoms with van der Waals surface area (Å²) in [7, 11) is 0. The number of hydrogen-bond acceptors (Lipinski definition) is 3. The fourth-order valence-electron chi connectivity index (χ4n) is 3.55. The zero-order valence-corrected chi connectivity index (χ0v) is 15.4. The average molecular weight is 392 g/mol. The molecule has 0 atom stereocenters. The quantitative estimate of drug-likeness (QED) is 0.713. The van der Waals surface area contributed by atoms with Gasteiger partial charge in [0.15, 0.2) is 5.82 Å². The molecular formula is C19H19ClFN3O3. The van der Waals surface area contributed by atoms with Gasteiger partial charge in [0.05, 0.1) is 17.4 Å². The van der Waals surface area contributed by atoms with E-state index < -0.39 is 17.3 Å². The van der Waals surface area contributed by atoms with Gasteiger partial charge in [-0.25, -0.2) is 9.18 Å². The van der Waals surface area contributed by atoms with Crippen LogP contribution < -0.4 is 11.3 Å². The summed E-state index contributed by atoms with van der Waals surface area (Å²) >= 11 is 0. The average Bonchev–Trinajstić information content (AvgIpc) is 3.35. The smallest absolute Gasteiger partial charge is 0.341 e. The first kappa shape index (κ1) is 19.0. The normalized spacial score (nSPS) is 13.6. The van der Waals surface area contributed by atoms with E-state index >= 15 is 0 Å². The highest BCUT2D eigenvalue weighted by Gasteiger charge is 2.30. The number of carbonyl (C=O) groups is 1. The number of halogens is 2. The molecule has 0 aliphatic heterocycles. The van der Waals surface area contributed by atoms with Crippen LogP contribution in [0.15, 0.2) is 35.5 Å². The van der Waals surface area contributed by atoms with Crippen LogP contribution in [0, 0.1) is 5.82 Å². The van der Waals surface area contributed by atoms with Crippen LogP contribution in [0.25, 0.3) is 11.2 Å². The van der Waals surface area contributed by atoms with Gasteiger partial charge in [-0.15, -0.1) is 12.4 Å². The van der Waals surface area contributed by atoms with Crippen LogP contribution in [-0.2, 0) is 6.42 Å². The lowest BCUT2D eigenvalue weighted by Crippen LogP contribution is -2.25. The van der Waals surface area contributed by atoms with Crippen molar-refractivity contribution in [2.24, 2.45) is 0 Å². The number of nitrogens with zero attached hydrogens (tertiary/aromatic N) is 2. The largest absolute Gasteiger partial charge is 0.477 e. The van der Waals surface area contributed by atoms with Crippen molar-refractivity contribution >= 4 is 29.6 Å². The Morgan fingerprint density at radius 1 is 1.37 bits per heavy atom. The summed E-state index contributed by atoms with van der Waals surface area (Å²) in [4.78, 5) is 24.1. The first-order valence-corrected chi connectivity index (χ1v) is 8.50. The van der Waals surface area contributed by atoms with Crippen LogP contribution in [0.1, 0.15) is 47.2 Å². The molecule has 1 fully saturated rings. The van der Waals surface area contributed by atoms with Gasteiger partial charge in [0.2, 0.25) is 0 Å². The second kappa shape index (κ2) is 6.74. The third-order valence-corrected chi connectivity index (χ3v) is 4.88. The number of rotatable bonds is 4. The van der Waals surface area contributed by atoms with Crippen molar-refractivity contribution in [3.63, 3.8) is 0 Å². The monoisotopic (exact) mass is 391 g/mol. The first-order valence-electron chi connectivity index (χ1n) is 8.50. The van der Waals surface area contributed by atoms with Gasteiger partial charge in [-0.1, -0.05) is 6.92 Å². The Hall–Kier alpha value is -2.80. The number of nitrogen functional groups attached to an aromatic ring is 1. The van der Waals surface area contributed by atoms with Gasteiger partial charge < -0.3 is 15.4 Å². The Labute approximate surface area is 160 Å². The van der Waals surface area contributed by atoms with Crippen molar-refractivity contribution in [2.45, 2.75) is 32.1 Å². The Morgan fingerprint density at radius 3 is 2.59 bits per heavy atom. The van der Waals surface area contributed by atoms with Gasteiger partial charge in [0, 0.05) is 23.6 Å². The van der Waals surface area contributed by atoms with Gasteiger partial charge in [-0.2, -0.15) is 0 Å². The highest BCUT2D eigenvalue weighted by molar-refractivity contribution is 5.89. The van der Waals surface area contributed by atoms with Crippen LogP contribution in [0.5, 0.6) is 0 Å². The Bertz CT molecular complexity index is 1120. The van der Waals surface area contributed by atoms with Gasteiger partial charge in [0.25, 0.3) is 5.56 Å². The highest BCUT2D eigenvalue weighted by atomic mass is 35.5. The van der Waals surface area contributed by atoms with Crippen molar-refractivity contribution in [3.8, 4) is 5.69 Å². The Kier molecular flexibility index (Phi) is 4.73. The van der Waals surface area contributed by atoms with Crippen LogP contribution >= 0.6 is 12.4 Å². The molecule has 6 nitrogen and oxygen atoms in total. The number of pyridine rings is 2. The van der Waals surface area contributed by atoms with Gasteiger partial charge in [0.1, 0.15) is 5.56 Å². The maximum absolute atomic E-state index is 15.0. The second-order valence-corrected chi connectivity index (χ2v) is 6.63. The van der Waals surface area contributed by atoms with E-state index in [-0.39, 0.29) is 23.9 Å². The molecule has 4 rings (SSSR count). The summed E-state index contributed by atoms with van der Waals surface area (Å²) in [6.45, 7) is 1.89. The number of fused-ring (bicyclic) bond motifs is 1. The molecule has 1 aliphatic rings. The molecule has 0 amide bonds. The van der Waals surface area contributed by atoms with Crippen LogP contribution in [0.2, 0.25) is 0 Å². The lowest BCUT2D eigenvalue weighted by Gasteiger charge is -2.18. The topological polar surface area (TPSA) is 89.7 Å². The summed E-state index contributed by atoms with van der Waals surface area (Å²) in [5, 5.41) is 9.36. The van der Waals surface area contributed by atoms with E-state index in [9.17, 15) is 19.1 Å². The molecular weight excluding hydrogens is 373 g/mol. The van der Waals surface area contributed by atoms with Gasteiger partial charge >= 0.3 is 5.97 Å².